The van der Waals surface area contributed by atoms with Gasteiger partial charge in [-0.05, 0) is 24.3 Å². The number of benzene rings is 1. The molecule has 0 radical (unpaired) electrons. The highest BCUT2D eigenvalue weighted by Gasteiger charge is 1.88. The highest BCUT2D eigenvalue weighted by molar-refractivity contribution is 5.78. The minimum Gasteiger partial charge on any atom is -0.361 e. The minimum absolute atomic E-state index is 1.06. The number of hydrogen-bond donors (Lipinski definition) is 1. The van der Waals surface area contributed by atoms with Crippen LogP contribution in [0.25, 0.3) is 21.8 Å². The normalized spacial score (nSPS) is 10.1. The molecule has 0 aliphatic carbocycles. The van der Waals surface area contributed by atoms with Crippen molar-refractivity contribution >= 4 is 21.8 Å². The molecule has 1 aromatic carbocycles. The van der Waals surface area contributed by atoms with Gasteiger partial charge < -0.3 is 4.98 Å². The number of para-hydroxylation sites is 1. The van der Waals surface area contributed by atoms with Gasteiger partial charge in [0.1, 0.15) is 0 Å². The van der Waals surface area contributed by atoms with Crippen LogP contribution in [0, 0.1) is 0 Å². The Balaban J connectivity index is 0.000000117. The van der Waals surface area contributed by atoms with E-state index in [1.165, 1.54) is 5.39 Å². The maximum Gasteiger partial charge on any atom is 0.0701 e. The predicted octanol–water partition coefficient (Wildman–Crippen LogP) is 3.80. The third kappa shape index (κ3) is 2.60. The zero-order valence-electron chi connectivity index (χ0n) is 10.3. The molecule has 19 heavy (non-hydrogen) atoms. The number of H-pyrrole nitrogens is 1. The van der Waals surface area contributed by atoms with Crippen molar-refractivity contribution in [3.05, 3.63) is 73.3 Å². The van der Waals surface area contributed by atoms with Crippen LogP contribution in [0.2, 0.25) is 0 Å². The van der Waals surface area contributed by atoms with Crippen LogP contribution in [0.15, 0.2) is 73.3 Å². The van der Waals surface area contributed by atoms with Crippen molar-refractivity contribution in [3.63, 3.8) is 0 Å². The Bertz CT molecular complexity index is 694. The summed E-state index contributed by atoms with van der Waals surface area (Å²) in [5.41, 5.74) is 2.20. The Morgan fingerprint density at radius 1 is 0.789 bits per heavy atom. The van der Waals surface area contributed by atoms with Crippen LogP contribution in [0.1, 0.15) is 0 Å². The lowest BCUT2D eigenvalue weighted by Crippen LogP contribution is -1.73. The lowest BCUT2D eigenvalue weighted by molar-refractivity contribution is 1.36. The molecule has 3 nitrogen and oxygen atoms in total. The molecule has 4 aromatic rings. The van der Waals surface area contributed by atoms with E-state index in [0.29, 0.717) is 0 Å². The van der Waals surface area contributed by atoms with Crippen molar-refractivity contribution in [1.82, 2.24) is 15.0 Å². The van der Waals surface area contributed by atoms with Gasteiger partial charge in [0.05, 0.1) is 5.52 Å². The highest BCUT2D eigenvalue weighted by atomic mass is 14.7. The number of aromatic nitrogens is 3. The zero-order chi connectivity index (χ0) is 12.9. The van der Waals surface area contributed by atoms with Gasteiger partial charge in [0.15, 0.2) is 0 Å². The zero-order valence-corrected chi connectivity index (χ0v) is 10.3. The topological polar surface area (TPSA) is 41.6 Å². The summed E-state index contributed by atoms with van der Waals surface area (Å²) in [5, 5.41) is 2.36. The first-order valence-electron chi connectivity index (χ1n) is 6.10. The molecule has 0 spiro atoms. The van der Waals surface area contributed by atoms with Gasteiger partial charge in [-0.25, -0.2) is 0 Å². The second-order valence-corrected chi connectivity index (χ2v) is 4.14. The van der Waals surface area contributed by atoms with Crippen LogP contribution in [0.4, 0.5) is 0 Å². The predicted molar refractivity (Wildman–Crippen MR) is 77.8 cm³/mol. The van der Waals surface area contributed by atoms with Crippen LogP contribution in [0.5, 0.6) is 0 Å². The minimum atomic E-state index is 1.06. The fourth-order valence-corrected chi connectivity index (χ4v) is 1.91. The van der Waals surface area contributed by atoms with E-state index in [1.807, 2.05) is 55.0 Å². The van der Waals surface area contributed by atoms with Crippen LogP contribution < -0.4 is 0 Å². The Labute approximate surface area is 111 Å². The van der Waals surface area contributed by atoms with Gasteiger partial charge in [-0.3, -0.25) is 9.97 Å². The second kappa shape index (κ2) is 5.31. The first kappa shape index (κ1) is 11.4. The summed E-state index contributed by atoms with van der Waals surface area (Å²) >= 11 is 0. The van der Waals surface area contributed by atoms with Gasteiger partial charge in [-0.1, -0.05) is 24.3 Å². The van der Waals surface area contributed by atoms with Gasteiger partial charge >= 0.3 is 0 Å². The SMILES string of the molecule is c1cc2[nH]ccc2cn1.c1ccc2ncccc2c1. The van der Waals surface area contributed by atoms with E-state index in [1.54, 1.807) is 6.20 Å². The first-order valence-corrected chi connectivity index (χ1v) is 6.10. The van der Waals surface area contributed by atoms with E-state index in [9.17, 15) is 0 Å². The summed E-state index contributed by atoms with van der Waals surface area (Å²) < 4.78 is 0. The smallest absolute Gasteiger partial charge is 0.0701 e. The fourth-order valence-electron chi connectivity index (χ4n) is 1.91. The monoisotopic (exact) mass is 247 g/mol. The van der Waals surface area contributed by atoms with Crippen LogP contribution >= 0.6 is 0 Å². The summed E-state index contributed by atoms with van der Waals surface area (Å²) in [7, 11) is 0. The summed E-state index contributed by atoms with van der Waals surface area (Å²) in [6.45, 7) is 0. The molecular weight excluding hydrogens is 234 g/mol. The second-order valence-electron chi connectivity index (χ2n) is 4.14. The molecule has 0 saturated carbocycles. The van der Waals surface area contributed by atoms with Gasteiger partial charge in [0.2, 0.25) is 0 Å². The third-order valence-corrected chi connectivity index (χ3v) is 2.87. The maximum absolute atomic E-state index is 4.18. The number of pyridine rings is 2. The number of nitrogens with one attached hydrogen (secondary N) is 1. The lowest BCUT2D eigenvalue weighted by atomic mass is 10.2. The van der Waals surface area contributed by atoms with Gasteiger partial charge in [-0.15, -0.1) is 0 Å². The number of rotatable bonds is 0. The van der Waals surface area contributed by atoms with E-state index in [-0.39, 0.29) is 0 Å². The molecule has 0 unspecified atom stereocenters. The van der Waals surface area contributed by atoms with E-state index in [0.717, 1.165) is 16.4 Å². The summed E-state index contributed by atoms with van der Waals surface area (Å²) in [5.74, 6) is 0. The molecule has 0 bridgehead atoms. The van der Waals surface area contributed by atoms with E-state index >= 15 is 0 Å². The molecule has 3 heterocycles. The van der Waals surface area contributed by atoms with Gasteiger partial charge in [0, 0.05) is 41.1 Å². The molecule has 0 amide bonds. The molecule has 4 rings (SSSR count). The van der Waals surface area contributed by atoms with Crippen molar-refractivity contribution < 1.29 is 0 Å². The van der Waals surface area contributed by atoms with Gasteiger partial charge in [-0.2, -0.15) is 0 Å². The molecular formula is C16H13N3. The largest absolute Gasteiger partial charge is 0.361 e. The molecule has 0 saturated heterocycles. The van der Waals surface area contributed by atoms with Crippen LogP contribution in [-0.2, 0) is 0 Å². The Morgan fingerprint density at radius 3 is 2.58 bits per heavy atom. The third-order valence-electron chi connectivity index (χ3n) is 2.87. The quantitative estimate of drug-likeness (QED) is 0.513. The van der Waals surface area contributed by atoms with Crippen molar-refractivity contribution in [2.24, 2.45) is 0 Å². The molecule has 92 valence electrons. The fraction of sp³-hybridized carbons (Fsp3) is 0. The Morgan fingerprint density at radius 2 is 1.68 bits per heavy atom. The van der Waals surface area contributed by atoms with E-state index < -0.39 is 0 Å². The van der Waals surface area contributed by atoms with Crippen molar-refractivity contribution in [2.45, 2.75) is 0 Å². The molecule has 3 heteroatoms. The highest BCUT2D eigenvalue weighted by Crippen LogP contribution is 2.08. The Kier molecular flexibility index (Phi) is 3.19. The summed E-state index contributed by atoms with van der Waals surface area (Å²) in [6, 6.07) is 16.0. The Hall–Kier alpha value is -2.68. The van der Waals surface area contributed by atoms with Crippen molar-refractivity contribution in [3.8, 4) is 0 Å². The standard InChI is InChI=1S/C9H7N.C7H6N2/c1-2-6-9-8(4-1)5-3-7-10-9;1-4-9-7-2-3-8-5-6(1)7/h1-7H;1-5,9H. The maximum atomic E-state index is 4.18. The molecule has 3 aromatic heterocycles. The van der Waals surface area contributed by atoms with E-state index in [2.05, 4.69) is 27.1 Å². The number of aromatic amines is 1. The van der Waals surface area contributed by atoms with Crippen molar-refractivity contribution in [1.29, 1.82) is 0 Å². The molecule has 0 fully saturated rings. The molecule has 0 aliphatic rings. The van der Waals surface area contributed by atoms with Crippen LogP contribution in [-0.4, -0.2) is 15.0 Å². The van der Waals surface area contributed by atoms with Gasteiger partial charge in [0.25, 0.3) is 0 Å². The van der Waals surface area contributed by atoms with Crippen LogP contribution in [0.3, 0.4) is 0 Å². The lowest BCUT2D eigenvalue weighted by Gasteiger charge is -1.91. The number of hydrogen-bond acceptors (Lipinski definition) is 2. The summed E-state index contributed by atoms with van der Waals surface area (Å²) in [6.07, 6.45) is 7.33. The molecule has 0 atom stereocenters. The first-order chi connectivity index (χ1) is 9.43. The average Bonchev–Trinajstić information content (AvgIpc) is 2.96. The van der Waals surface area contributed by atoms with E-state index in [4.69, 9.17) is 0 Å². The van der Waals surface area contributed by atoms with Crippen molar-refractivity contribution in [2.75, 3.05) is 0 Å². The number of fused-ring (bicyclic) bond motifs is 2. The number of nitrogens with zero attached hydrogens (tertiary/aromatic N) is 2. The molecule has 1 N–H and O–H groups in total. The summed E-state index contributed by atoms with van der Waals surface area (Å²) in [4.78, 5) is 11.2. The average molecular weight is 247 g/mol. The molecule has 0 aliphatic heterocycles.